The lowest BCUT2D eigenvalue weighted by Gasteiger charge is -2.28. The molecule has 3 aliphatic rings. The molecule has 19 nitrogen and oxygen atoms in total. The lowest BCUT2D eigenvalue weighted by Crippen LogP contribution is -2.36. The highest BCUT2D eigenvalue weighted by Crippen LogP contribution is 2.60. The molecule has 0 radical (unpaired) electrons. The highest BCUT2D eigenvalue weighted by atomic mass is 32.7. The van der Waals surface area contributed by atoms with Gasteiger partial charge in [0, 0.05) is 0 Å². The Morgan fingerprint density at radius 1 is 0.844 bits per heavy atom. The van der Waals surface area contributed by atoms with Crippen molar-refractivity contribution in [3.8, 4) is 0 Å². The number of hydrogen-bond donors (Lipinski definition) is 5. The van der Waals surface area contributed by atoms with Crippen molar-refractivity contribution >= 4 is 72.2 Å². The van der Waals surface area contributed by atoms with Gasteiger partial charge in [0.1, 0.15) is 36.3 Å². The number of aromatic nitrogens is 8. The molecule has 0 aromatic carbocycles. The Kier molecular flexibility index (Phi) is 7.70. The van der Waals surface area contributed by atoms with Crippen LogP contribution in [0.5, 0.6) is 0 Å². The number of nitrogens with zero attached hydrogens (tertiary/aromatic N) is 7. The summed E-state index contributed by atoms with van der Waals surface area (Å²) in [5, 5.41) is 0. The first-order valence-electron chi connectivity index (χ1n) is 12.9. The van der Waals surface area contributed by atoms with Gasteiger partial charge < -0.3 is 20.9 Å². The molecule has 3 unspecified atom stereocenters. The van der Waals surface area contributed by atoms with Crippen LogP contribution in [-0.4, -0.2) is 89.0 Å². The molecular weight excluding hydrogens is 688 g/mol. The number of aromatic amines is 1. The molecule has 4 aromatic heterocycles. The second-order valence-corrected chi connectivity index (χ2v) is 15.8. The normalized spacial score (nSPS) is 37.7. The van der Waals surface area contributed by atoms with Gasteiger partial charge in [-0.05, 0) is 0 Å². The first-order valence-corrected chi connectivity index (χ1v) is 18.3. The maximum absolute atomic E-state index is 16.0. The Morgan fingerprint density at radius 3 is 1.96 bits per heavy atom. The quantitative estimate of drug-likeness (QED) is 0.146. The van der Waals surface area contributed by atoms with Gasteiger partial charge in [0.2, 0.25) is 5.95 Å². The predicted molar refractivity (Wildman–Crippen MR) is 155 cm³/mol. The molecule has 5 N–H and O–H groups in total. The van der Waals surface area contributed by atoms with Gasteiger partial charge in [-0.2, -0.15) is 4.98 Å². The third-order valence-electron chi connectivity index (χ3n) is 7.23. The lowest BCUT2D eigenvalue weighted by molar-refractivity contribution is -0.0544. The number of ether oxygens (including phenoxy) is 2. The monoisotopic (exact) mass is 710 g/mol. The van der Waals surface area contributed by atoms with Crippen LogP contribution in [0.2, 0.25) is 0 Å². The van der Waals surface area contributed by atoms with Crippen LogP contribution in [0, 0.1) is 0 Å². The van der Waals surface area contributed by atoms with E-state index in [9.17, 15) is 13.9 Å². The van der Waals surface area contributed by atoms with E-state index in [0.29, 0.717) is 0 Å². The fourth-order valence-electron chi connectivity index (χ4n) is 5.25. The van der Waals surface area contributed by atoms with Crippen LogP contribution in [0.1, 0.15) is 12.5 Å². The van der Waals surface area contributed by atoms with Crippen molar-refractivity contribution in [1.29, 1.82) is 0 Å². The topological polar surface area (TPSA) is 249 Å². The molecule has 25 heteroatoms. The van der Waals surface area contributed by atoms with Crippen LogP contribution in [0.4, 0.5) is 20.5 Å². The predicted octanol–water partition coefficient (Wildman–Crippen LogP) is 1.49. The van der Waals surface area contributed by atoms with E-state index in [1.807, 2.05) is 0 Å². The van der Waals surface area contributed by atoms with Crippen LogP contribution in [0.15, 0.2) is 23.8 Å². The highest BCUT2D eigenvalue weighted by molar-refractivity contribution is 8.44. The molecule has 3 saturated heterocycles. The summed E-state index contributed by atoms with van der Waals surface area (Å²) < 4.78 is 94.2. The summed E-state index contributed by atoms with van der Waals surface area (Å²) in [7, 11) is 0. The van der Waals surface area contributed by atoms with Gasteiger partial charge >= 0.3 is 13.6 Å². The molecule has 0 aliphatic carbocycles. The molecule has 242 valence electrons. The largest absolute Gasteiger partial charge is 0.386 e. The number of thiol groups is 2. The number of fused-ring (bicyclic) bond motifs is 4. The summed E-state index contributed by atoms with van der Waals surface area (Å²) in [6, 6.07) is 0. The number of nitrogens with one attached hydrogen (secondary N) is 1. The fourth-order valence-corrected chi connectivity index (χ4v) is 8.21. The molecule has 3 fully saturated rings. The second kappa shape index (κ2) is 11.2. The van der Waals surface area contributed by atoms with Gasteiger partial charge in [-0.25, -0.2) is 37.8 Å². The number of nitrogens with two attached hydrogens (primary N) is 2. The van der Waals surface area contributed by atoms with Crippen LogP contribution >= 0.6 is 38.1 Å². The molecule has 0 spiro atoms. The van der Waals surface area contributed by atoms with E-state index in [-0.39, 0.29) is 34.1 Å². The summed E-state index contributed by atoms with van der Waals surface area (Å²) in [4.78, 5) is 34.4. The number of anilines is 2. The summed E-state index contributed by atoms with van der Waals surface area (Å²) in [5.74, 6) is -0.231. The van der Waals surface area contributed by atoms with Crippen LogP contribution in [0.3, 0.4) is 0 Å². The number of H-pyrrole nitrogens is 1. The summed E-state index contributed by atoms with van der Waals surface area (Å²) in [5.41, 5.74) is 10.8. The molecule has 0 bridgehead atoms. The minimum absolute atomic E-state index is 0.0381. The maximum Gasteiger partial charge on any atom is 0.386 e. The molecule has 0 amide bonds. The zero-order chi connectivity index (χ0) is 31.8. The zero-order valence-electron chi connectivity index (χ0n) is 22.3. The first-order chi connectivity index (χ1) is 21.3. The van der Waals surface area contributed by atoms with Gasteiger partial charge in [-0.15, -0.1) is 0 Å². The van der Waals surface area contributed by atoms with Crippen LogP contribution in [0.25, 0.3) is 22.3 Å². The lowest BCUT2D eigenvalue weighted by atomic mass is 10.1. The average Bonchev–Trinajstić information content (AvgIpc) is 3.72. The van der Waals surface area contributed by atoms with E-state index in [4.69, 9.17) is 39.0 Å². The van der Waals surface area contributed by atoms with Crippen LogP contribution in [-0.2, 0) is 36.7 Å². The van der Waals surface area contributed by atoms with Gasteiger partial charge in [0.25, 0.3) is 5.56 Å². The summed E-state index contributed by atoms with van der Waals surface area (Å²) in [6.45, 7) is -10.3. The summed E-state index contributed by atoms with van der Waals surface area (Å²) in [6.07, 6.45) is -9.92. The van der Waals surface area contributed by atoms with Gasteiger partial charge in [0.15, 0.2) is 47.4 Å². The Morgan fingerprint density at radius 2 is 1.38 bits per heavy atom. The fraction of sp³-hybridized carbons (Fsp3) is 0.500. The SMILES string of the molecule is Nc1nc2c(ncn2[C@@H]2OC3CO[P@](=O)(S)O[C@@H]4C(COP(=O)(S)O[C@H]3[C@H]2F)O[C@@H](n2cnc3c(N)ncnc32)[C@@H]4F)c(=O)[nH]1. The molecule has 7 rings (SSSR count). The van der Waals surface area contributed by atoms with E-state index in [1.54, 1.807) is 0 Å². The van der Waals surface area contributed by atoms with Crippen molar-refractivity contribution in [2.75, 3.05) is 24.7 Å². The number of rotatable bonds is 2. The Bertz CT molecular complexity index is 1950. The minimum atomic E-state index is -4.44. The zero-order valence-corrected chi connectivity index (χ0v) is 25.8. The number of halogens is 2. The molecule has 3 aliphatic heterocycles. The Labute approximate surface area is 259 Å². The molecule has 4 aromatic rings. The van der Waals surface area contributed by atoms with Crippen molar-refractivity contribution in [3.63, 3.8) is 0 Å². The standard InChI is InChI=1S/C20H22F2N10O9P2S2/c21-8-12-6(38-18(8)31-4-27-10-14(23)25-3-26-15(10)31)1-36-43(35,45)41-13-7(2-37-42(34,44)40-12)39-19(9(13)22)32-5-28-11-16(32)29-20(24)30-17(11)33/h3-9,12-13,18-19H,1-2H2,(H,34,44)(H,35,45)(H2,23,25,26)(H3,24,29,30,33)/t6?,7?,8-,9-,12-,13-,18-,19-,42+,43?/m1/s1. The number of nitrogen functional groups attached to an aromatic ring is 2. The average molecular weight is 711 g/mol. The van der Waals surface area contributed by atoms with Crippen molar-refractivity contribution in [2.45, 2.75) is 49.2 Å². The van der Waals surface area contributed by atoms with Crippen molar-refractivity contribution in [1.82, 2.24) is 39.0 Å². The van der Waals surface area contributed by atoms with Gasteiger partial charge in [-0.1, -0.05) is 24.5 Å². The van der Waals surface area contributed by atoms with Crippen molar-refractivity contribution in [2.24, 2.45) is 0 Å². The Hall–Kier alpha value is -2.72. The summed E-state index contributed by atoms with van der Waals surface area (Å²) >= 11 is 7.94. The Balaban J connectivity index is 1.17. The third-order valence-corrected chi connectivity index (χ3v) is 10.5. The number of imidazole rings is 2. The second-order valence-electron chi connectivity index (χ2n) is 10.0. The third kappa shape index (κ3) is 5.53. The highest BCUT2D eigenvalue weighted by Gasteiger charge is 2.54. The molecular formula is C20H22F2N10O9P2S2. The van der Waals surface area contributed by atoms with E-state index in [0.717, 1.165) is 17.2 Å². The van der Waals surface area contributed by atoms with Gasteiger partial charge in [0.05, 0.1) is 25.9 Å². The van der Waals surface area contributed by atoms with E-state index >= 15 is 8.78 Å². The first kappa shape index (κ1) is 30.9. The minimum Gasteiger partial charge on any atom is -0.382 e. The molecule has 10 atom stereocenters. The maximum atomic E-state index is 16.0. The molecule has 0 saturated carbocycles. The number of alkyl halides is 2. The van der Waals surface area contributed by atoms with Crippen LogP contribution < -0.4 is 17.0 Å². The van der Waals surface area contributed by atoms with E-state index in [2.05, 4.69) is 54.4 Å². The van der Waals surface area contributed by atoms with Crippen molar-refractivity contribution in [3.05, 3.63) is 29.3 Å². The molecule has 45 heavy (non-hydrogen) atoms. The van der Waals surface area contributed by atoms with E-state index < -0.39 is 81.6 Å². The molecule has 7 heterocycles. The smallest absolute Gasteiger partial charge is 0.382 e. The van der Waals surface area contributed by atoms with Crippen molar-refractivity contribution < 1.29 is 45.5 Å². The number of hydrogen-bond acceptors (Lipinski definition) is 16. The van der Waals surface area contributed by atoms with E-state index in [1.165, 1.54) is 10.9 Å². The van der Waals surface area contributed by atoms with Gasteiger partial charge in [-0.3, -0.25) is 37.0 Å².